The van der Waals surface area contributed by atoms with Crippen molar-refractivity contribution < 1.29 is 9.21 Å². The third-order valence-electron chi connectivity index (χ3n) is 4.73. The van der Waals surface area contributed by atoms with Gasteiger partial charge in [0.25, 0.3) is 5.91 Å². The first kappa shape index (κ1) is 17.7. The van der Waals surface area contributed by atoms with Gasteiger partial charge in [-0.25, -0.2) is 0 Å². The predicted molar refractivity (Wildman–Crippen MR) is 107 cm³/mol. The van der Waals surface area contributed by atoms with Crippen molar-refractivity contribution in [2.45, 2.75) is 20.4 Å². The van der Waals surface area contributed by atoms with Gasteiger partial charge in [0.1, 0.15) is 0 Å². The molecule has 0 saturated carbocycles. The molecule has 0 spiro atoms. The van der Waals surface area contributed by atoms with Gasteiger partial charge in [-0.3, -0.25) is 4.79 Å². The van der Waals surface area contributed by atoms with E-state index in [1.165, 1.54) is 12.0 Å². The lowest BCUT2D eigenvalue weighted by Gasteiger charge is -2.10. The Morgan fingerprint density at radius 2 is 1.89 bits per heavy atom. The van der Waals surface area contributed by atoms with Gasteiger partial charge in [-0.1, -0.05) is 36.4 Å². The number of aromatic nitrogens is 3. The standard InChI is InChI=1S/C22H20N4O2/c1-15-11-20(16(2)26(15)13-17-7-4-3-5-8-17)21(27)24-19-10-6-9-18(12-19)22-25-23-14-28-22/h3-12,14H,13H2,1-2H3,(H,24,27). The number of rotatable bonds is 5. The molecule has 0 atom stereocenters. The van der Waals surface area contributed by atoms with Crippen LogP contribution in [0.4, 0.5) is 5.69 Å². The Balaban J connectivity index is 1.56. The third kappa shape index (κ3) is 3.57. The van der Waals surface area contributed by atoms with Gasteiger partial charge in [-0.2, -0.15) is 0 Å². The molecule has 140 valence electrons. The number of aryl methyl sites for hydroxylation is 1. The summed E-state index contributed by atoms with van der Waals surface area (Å²) in [4.78, 5) is 12.9. The van der Waals surface area contributed by atoms with Gasteiger partial charge in [0.15, 0.2) is 0 Å². The number of carbonyl (C=O) groups excluding carboxylic acids is 1. The molecule has 0 aliphatic heterocycles. The molecule has 4 aromatic rings. The Morgan fingerprint density at radius 1 is 1.07 bits per heavy atom. The highest BCUT2D eigenvalue weighted by Gasteiger charge is 2.16. The second-order valence-electron chi connectivity index (χ2n) is 6.64. The van der Waals surface area contributed by atoms with E-state index in [4.69, 9.17) is 4.42 Å². The molecule has 0 bridgehead atoms. The zero-order valence-corrected chi connectivity index (χ0v) is 15.7. The van der Waals surface area contributed by atoms with Crippen LogP contribution < -0.4 is 5.32 Å². The van der Waals surface area contributed by atoms with Gasteiger partial charge in [-0.15, -0.1) is 10.2 Å². The van der Waals surface area contributed by atoms with Crippen molar-refractivity contribution >= 4 is 11.6 Å². The van der Waals surface area contributed by atoms with E-state index >= 15 is 0 Å². The molecule has 0 radical (unpaired) electrons. The van der Waals surface area contributed by atoms with Gasteiger partial charge in [-0.05, 0) is 43.7 Å². The van der Waals surface area contributed by atoms with E-state index in [1.54, 1.807) is 0 Å². The largest absolute Gasteiger partial charge is 0.423 e. The molecule has 4 rings (SSSR count). The summed E-state index contributed by atoms with van der Waals surface area (Å²) in [5.74, 6) is 0.271. The van der Waals surface area contributed by atoms with Crippen molar-refractivity contribution in [3.05, 3.63) is 89.6 Å². The number of carbonyl (C=O) groups is 1. The van der Waals surface area contributed by atoms with Crippen molar-refractivity contribution in [2.75, 3.05) is 5.32 Å². The third-order valence-corrected chi connectivity index (χ3v) is 4.73. The Hall–Kier alpha value is -3.67. The number of nitrogens with zero attached hydrogens (tertiary/aromatic N) is 3. The number of hydrogen-bond donors (Lipinski definition) is 1. The first-order valence-electron chi connectivity index (χ1n) is 9.00. The fourth-order valence-corrected chi connectivity index (χ4v) is 3.27. The quantitative estimate of drug-likeness (QED) is 0.561. The SMILES string of the molecule is Cc1cc(C(=O)Nc2cccc(-c3nnco3)c2)c(C)n1Cc1ccccc1. The van der Waals surface area contributed by atoms with Crippen LogP contribution in [-0.4, -0.2) is 20.7 Å². The minimum atomic E-state index is -0.143. The smallest absolute Gasteiger partial charge is 0.257 e. The highest BCUT2D eigenvalue weighted by molar-refractivity contribution is 6.05. The number of hydrogen-bond acceptors (Lipinski definition) is 4. The van der Waals surface area contributed by atoms with Crippen molar-refractivity contribution in [1.29, 1.82) is 0 Å². The normalized spacial score (nSPS) is 10.8. The van der Waals surface area contributed by atoms with E-state index in [9.17, 15) is 4.79 Å². The van der Waals surface area contributed by atoms with Crippen LogP contribution in [0.2, 0.25) is 0 Å². The summed E-state index contributed by atoms with van der Waals surface area (Å²) >= 11 is 0. The van der Waals surface area contributed by atoms with Crippen molar-refractivity contribution in [2.24, 2.45) is 0 Å². The predicted octanol–water partition coefficient (Wildman–Crippen LogP) is 4.46. The van der Waals surface area contributed by atoms with Gasteiger partial charge in [0.2, 0.25) is 12.3 Å². The Morgan fingerprint density at radius 3 is 2.64 bits per heavy atom. The number of benzene rings is 2. The first-order valence-corrected chi connectivity index (χ1v) is 9.00. The molecule has 6 heteroatoms. The molecule has 2 aromatic heterocycles. The van der Waals surface area contributed by atoms with Crippen LogP contribution in [0.15, 0.2) is 71.5 Å². The van der Waals surface area contributed by atoms with Crippen molar-refractivity contribution in [3.63, 3.8) is 0 Å². The summed E-state index contributed by atoms with van der Waals surface area (Å²) in [5, 5.41) is 10.6. The molecule has 2 aromatic carbocycles. The molecule has 0 saturated heterocycles. The summed E-state index contributed by atoms with van der Waals surface area (Å²) in [7, 11) is 0. The highest BCUT2D eigenvalue weighted by Crippen LogP contribution is 2.22. The van der Waals surface area contributed by atoms with Crippen LogP contribution in [0.5, 0.6) is 0 Å². The fraction of sp³-hybridized carbons (Fsp3) is 0.136. The number of anilines is 1. The Labute approximate surface area is 162 Å². The molecule has 1 N–H and O–H groups in total. The van der Waals surface area contributed by atoms with Gasteiger partial charge >= 0.3 is 0 Å². The molecule has 6 nitrogen and oxygen atoms in total. The lowest BCUT2D eigenvalue weighted by molar-refractivity contribution is 0.102. The molecule has 2 heterocycles. The van der Waals surface area contributed by atoms with E-state index in [1.807, 2.05) is 62.4 Å². The minimum Gasteiger partial charge on any atom is -0.423 e. The van der Waals surface area contributed by atoms with Crippen LogP contribution >= 0.6 is 0 Å². The van der Waals surface area contributed by atoms with Gasteiger partial charge in [0.05, 0.1) is 5.56 Å². The average Bonchev–Trinajstić information content (AvgIpc) is 3.33. The Kier molecular flexibility index (Phi) is 4.76. The van der Waals surface area contributed by atoms with E-state index in [2.05, 4.69) is 32.2 Å². The molecule has 0 aliphatic rings. The van der Waals surface area contributed by atoms with Crippen molar-refractivity contribution in [3.8, 4) is 11.5 Å². The molecule has 28 heavy (non-hydrogen) atoms. The van der Waals surface area contributed by atoms with E-state index < -0.39 is 0 Å². The van der Waals surface area contributed by atoms with Crippen LogP contribution in [0.1, 0.15) is 27.3 Å². The maximum atomic E-state index is 12.9. The Bertz CT molecular complexity index is 1100. The van der Waals surface area contributed by atoms with Crippen LogP contribution in [-0.2, 0) is 6.54 Å². The zero-order valence-electron chi connectivity index (χ0n) is 15.7. The van der Waals surface area contributed by atoms with Gasteiger partial charge in [0, 0.05) is 29.2 Å². The molecule has 0 fully saturated rings. The lowest BCUT2D eigenvalue weighted by atomic mass is 10.2. The molecule has 0 unspecified atom stereocenters. The summed E-state index contributed by atoms with van der Waals surface area (Å²) in [6, 6.07) is 19.5. The summed E-state index contributed by atoms with van der Waals surface area (Å²) in [6.45, 7) is 4.72. The lowest BCUT2D eigenvalue weighted by Crippen LogP contribution is -2.13. The average molecular weight is 372 g/mol. The van der Waals surface area contributed by atoms with Crippen molar-refractivity contribution in [1.82, 2.24) is 14.8 Å². The first-order chi connectivity index (χ1) is 13.6. The second kappa shape index (κ2) is 7.52. The zero-order chi connectivity index (χ0) is 19.5. The maximum absolute atomic E-state index is 12.9. The molecule has 1 amide bonds. The molecular weight excluding hydrogens is 352 g/mol. The molecular formula is C22H20N4O2. The molecule has 0 aliphatic carbocycles. The topological polar surface area (TPSA) is 73.0 Å². The van der Waals surface area contributed by atoms with E-state index in [0.29, 0.717) is 17.1 Å². The highest BCUT2D eigenvalue weighted by atomic mass is 16.4. The fourth-order valence-electron chi connectivity index (χ4n) is 3.27. The van der Waals surface area contributed by atoms with E-state index in [-0.39, 0.29) is 5.91 Å². The second-order valence-corrected chi connectivity index (χ2v) is 6.64. The van der Waals surface area contributed by atoms with Crippen LogP contribution in [0.25, 0.3) is 11.5 Å². The number of nitrogens with one attached hydrogen (secondary N) is 1. The summed E-state index contributed by atoms with van der Waals surface area (Å²) in [5.41, 5.74) is 5.27. The van der Waals surface area contributed by atoms with Crippen LogP contribution in [0, 0.1) is 13.8 Å². The van der Waals surface area contributed by atoms with E-state index in [0.717, 1.165) is 23.5 Å². The summed E-state index contributed by atoms with van der Waals surface area (Å²) < 4.78 is 7.37. The monoisotopic (exact) mass is 372 g/mol. The maximum Gasteiger partial charge on any atom is 0.257 e. The van der Waals surface area contributed by atoms with Crippen LogP contribution in [0.3, 0.4) is 0 Å². The number of amides is 1. The van der Waals surface area contributed by atoms with Gasteiger partial charge < -0.3 is 14.3 Å². The summed E-state index contributed by atoms with van der Waals surface area (Å²) in [6.07, 6.45) is 1.28. The minimum absolute atomic E-state index is 0.143.